The van der Waals surface area contributed by atoms with Gasteiger partial charge >= 0.3 is 0 Å². The predicted molar refractivity (Wildman–Crippen MR) is 84.5 cm³/mol. The van der Waals surface area contributed by atoms with E-state index >= 15 is 0 Å². The lowest BCUT2D eigenvalue weighted by Gasteiger charge is -2.26. The second-order valence-corrected chi connectivity index (χ2v) is 9.91. The number of nitrogens with zero attached hydrogens (tertiary/aromatic N) is 1. The molecule has 6 nitrogen and oxygen atoms in total. The van der Waals surface area contributed by atoms with E-state index in [4.69, 9.17) is 28.3 Å². The van der Waals surface area contributed by atoms with E-state index in [1.807, 2.05) is 0 Å². The Morgan fingerprint density at radius 3 is 2.45 bits per heavy atom. The SMILES string of the molecule is O=S1(=O)CC[C@H](N(CCO)S(=O)(=O)c2ccc(Cl)c(Cl)c2)C1. The number of sulfone groups is 1. The summed E-state index contributed by atoms with van der Waals surface area (Å²) >= 11 is 11.6. The van der Waals surface area contributed by atoms with Crippen LogP contribution in [0.4, 0.5) is 0 Å². The number of aliphatic hydroxyl groups excluding tert-OH is 1. The number of benzene rings is 1. The van der Waals surface area contributed by atoms with Gasteiger partial charge in [0.05, 0.1) is 33.1 Å². The molecule has 1 heterocycles. The third-order valence-corrected chi connectivity index (χ3v) is 7.87. The normalized spacial score (nSPS) is 21.4. The van der Waals surface area contributed by atoms with E-state index in [1.165, 1.54) is 18.2 Å². The van der Waals surface area contributed by atoms with Gasteiger partial charge < -0.3 is 5.11 Å². The maximum Gasteiger partial charge on any atom is 0.243 e. The lowest BCUT2D eigenvalue weighted by atomic mass is 10.3. The third kappa shape index (κ3) is 3.74. The molecule has 22 heavy (non-hydrogen) atoms. The first-order chi connectivity index (χ1) is 10.2. The van der Waals surface area contributed by atoms with Crippen molar-refractivity contribution in [1.29, 1.82) is 0 Å². The number of aliphatic hydroxyl groups is 1. The highest BCUT2D eigenvalue weighted by Gasteiger charge is 2.38. The number of sulfonamides is 1. The summed E-state index contributed by atoms with van der Waals surface area (Å²) in [5.41, 5.74) is 0. The molecule has 0 aliphatic carbocycles. The van der Waals surface area contributed by atoms with E-state index in [-0.39, 0.29) is 39.4 Å². The van der Waals surface area contributed by atoms with Crippen LogP contribution < -0.4 is 0 Å². The molecule has 1 N–H and O–H groups in total. The molecule has 1 fully saturated rings. The average Bonchev–Trinajstić information content (AvgIpc) is 2.78. The van der Waals surface area contributed by atoms with Crippen LogP contribution in [-0.4, -0.2) is 56.9 Å². The molecule has 1 atom stereocenters. The maximum absolute atomic E-state index is 12.7. The second kappa shape index (κ2) is 6.62. The summed E-state index contributed by atoms with van der Waals surface area (Å²) < 4.78 is 49.6. The highest BCUT2D eigenvalue weighted by molar-refractivity contribution is 7.92. The molecule has 10 heteroatoms. The molecule has 1 aromatic rings. The van der Waals surface area contributed by atoms with Gasteiger partial charge in [-0.05, 0) is 24.6 Å². The van der Waals surface area contributed by atoms with Gasteiger partial charge in [-0.3, -0.25) is 0 Å². The van der Waals surface area contributed by atoms with Crippen LogP contribution in [0.25, 0.3) is 0 Å². The van der Waals surface area contributed by atoms with Crippen molar-refractivity contribution >= 4 is 43.1 Å². The molecule has 0 aromatic heterocycles. The van der Waals surface area contributed by atoms with Crippen molar-refractivity contribution in [2.75, 3.05) is 24.7 Å². The van der Waals surface area contributed by atoms with E-state index in [0.29, 0.717) is 0 Å². The monoisotopic (exact) mass is 387 g/mol. The van der Waals surface area contributed by atoms with Gasteiger partial charge in [-0.1, -0.05) is 23.2 Å². The Balaban J connectivity index is 2.40. The molecule has 0 amide bonds. The topological polar surface area (TPSA) is 91.8 Å². The van der Waals surface area contributed by atoms with Crippen LogP contribution in [0.15, 0.2) is 23.1 Å². The van der Waals surface area contributed by atoms with Crippen LogP contribution >= 0.6 is 23.2 Å². The van der Waals surface area contributed by atoms with Crippen molar-refractivity contribution < 1.29 is 21.9 Å². The molecule has 0 spiro atoms. The molecule has 0 saturated carbocycles. The molecule has 124 valence electrons. The Labute approximate surface area is 139 Å². The smallest absolute Gasteiger partial charge is 0.243 e. The fraction of sp³-hybridized carbons (Fsp3) is 0.500. The van der Waals surface area contributed by atoms with Crippen molar-refractivity contribution in [2.24, 2.45) is 0 Å². The predicted octanol–water partition coefficient (Wildman–Crippen LogP) is 1.16. The molecule has 0 bridgehead atoms. The van der Waals surface area contributed by atoms with E-state index in [9.17, 15) is 16.8 Å². The number of hydrogen-bond acceptors (Lipinski definition) is 5. The number of hydrogen-bond donors (Lipinski definition) is 1. The van der Waals surface area contributed by atoms with Gasteiger partial charge in [-0.15, -0.1) is 0 Å². The fourth-order valence-corrected chi connectivity index (χ4v) is 6.23. The largest absolute Gasteiger partial charge is 0.395 e. The highest BCUT2D eigenvalue weighted by atomic mass is 35.5. The molecular formula is C12H15Cl2NO5S2. The zero-order valence-electron chi connectivity index (χ0n) is 11.4. The van der Waals surface area contributed by atoms with E-state index < -0.39 is 32.5 Å². The van der Waals surface area contributed by atoms with Crippen molar-refractivity contribution in [3.8, 4) is 0 Å². The molecule has 0 unspecified atom stereocenters. The minimum Gasteiger partial charge on any atom is -0.395 e. The van der Waals surface area contributed by atoms with Crippen LogP contribution in [0, 0.1) is 0 Å². The van der Waals surface area contributed by atoms with Crippen LogP contribution in [0.2, 0.25) is 10.0 Å². The third-order valence-electron chi connectivity index (χ3n) is 3.43. The van der Waals surface area contributed by atoms with Gasteiger partial charge in [0.15, 0.2) is 9.84 Å². The van der Waals surface area contributed by atoms with Crippen LogP contribution in [-0.2, 0) is 19.9 Å². The zero-order chi connectivity index (χ0) is 16.5. The van der Waals surface area contributed by atoms with Crippen molar-refractivity contribution in [3.05, 3.63) is 28.2 Å². The van der Waals surface area contributed by atoms with E-state index in [1.54, 1.807) is 0 Å². The quantitative estimate of drug-likeness (QED) is 0.818. The van der Waals surface area contributed by atoms with Crippen LogP contribution in [0.3, 0.4) is 0 Å². The summed E-state index contributed by atoms with van der Waals surface area (Å²) in [6, 6.07) is 3.19. The summed E-state index contributed by atoms with van der Waals surface area (Å²) in [4.78, 5) is -0.0837. The second-order valence-electron chi connectivity index (χ2n) is 4.97. The van der Waals surface area contributed by atoms with Crippen molar-refractivity contribution in [3.63, 3.8) is 0 Å². The van der Waals surface area contributed by atoms with Crippen LogP contribution in [0.1, 0.15) is 6.42 Å². The van der Waals surface area contributed by atoms with Gasteiger partial charge in [0.2, 0.25) is 10.0 Å². The van der Waals surface area contributed by atoms with Gasteiger partial charge in [-0.25, -0.2) is 16.8 Å². The van der Waals surface area contributed by atoms with Crippen molar-refractivity contribution in [2.45, 2.75) is 17.4 Å². The van der Waals surface area contributed by atoms with Gasteiger partial charge in [0, 0.05) is 12.6 Å². The summed E-state index contributed by atoms with van der Waals surface area (Å²) in [5, 5.41) is 9.44. The molecule has 0 radical (unpaired) electrons. The van der Waals surface area contributed by atoms with E-state index in [2.05, 4.69) is 0 Å². The molecule has 1 aliphatic rings. The first-order valence-corrected chi connectivity index (χ1v) is 10.5. The highest BCUT2D eigenvalue weighted by Crippen LogP contribution is 2.29. The Bertz CT molecular complexity index is 764. The molecule has 1 aliphatic heterocycles. The molecule has 2 rings (SSSR count). The minimum absolute atomic E-state index is 0.0590. The Kier molecular flexibility index (Phi) is 5.41. The van der Waals surface area contributed by atoms with Crippen LogP contribution in [0.5, 0.6) is 0 Å². The summed E-state index contributed by atoms with van der Waals surface area (Å²) in [7, 11) is -7.22. The summed E-state index contributed by atoms with van der Waals surface area (Å²) in [6.07, 6.45) is 0.211. The van der Waals surface area contributed by atoms with Gasteiger partial charge in [0.25, 0.3) is 0 Å². The summed E-state index contributed by atoms with van der Waals surface area (Å²) in [5.74, 6) is -0.302. The van der Waals surface area contributed by atoms with E-state index in [0.717, 1.165) is 4.31 Å². The Hall–Kier alpha value is -0.380. The first-order valence-electron chi connectivity index (χ1n) is 6.45. The lowest BCUT2D eigenvalue weighted by molar-refractivity contribution is 0.232. The lowest BCUT2D eigenvalue weighted by Crippen LogP contribution is -2.42. The van der Waals surface area contributed by atoms with Crippen molar-refractivity contribution in [1.82, 2.24) is 4.31 Å². The standard InChI is InChI=1S/C12H15Cl2NO5S2/c13-11-2-1-10(7-12(11)14)22(19,20)15(4-5-16)9-3-6-21(17,18)8-9/h1-2,7,9,16H,3-6,8H2/t9-/m0/s1. The summed E-state index contributed by atoms with van der Waals surface area (Å²) in [6.45, 7) is -0.583. The van der Waals surface area contributed by atoms with Gasteiger partial charge in [0.1, 0.15) is 0 Å². The molecule has 1 aromatic carbocycles. The number of rotatable bonds is 5. The fourth-order valence-electron chi connectivity index (χ4n) is 2.37. The Morgan fingerprint density at radius 1 is 1.27 bits per heavy atom. The Morgan fingerprint density at radius 2 is 1.95 bits per heavy atom. The maximum atomic E-state index is 12.7. The zero-order valence-corrected chi connectivity index (χ0v) is 14.6. The van der Waals surface area contributed by atoms with Gasteiger partial charge in [-0.2, -0.15) is 4.31 Å². The number of halogens is 2. The minimum atomic E-state index is -3.97. The molecular weight excluding hydrogens is 373 g/mol. The molecule has 1 saturated heterocycles. The first kappa shape index (κ1) is 18.0. The average molecular weight is 388 g/mol.